The number of hydrogen-bond donors (Lipinski definition) is 2. The first kappa shape index (κ1) is 17.0. The molecular formula is C19H30N2O. The number of fused-ring (bicyclic) bond motifs is 1. The third kappa shape index (κ3) is 3.70. The predicted octanol–water partition coefficient (Wildman–Crippen LogP) is 3.88. The molecule has 2 unspecified atom stereocenters. The van der Waals surface area contributed by atoms with E-state index >= 15 is 0 Å². The molecule has 2 atom stereocenters. The fourth-order valence-corrected chi connectivity index (χ4v) is 2.93. The van der Waals surface area contributed by atoms with Crippen molar-refractivity contribution in [3.05, 3.63) is 34.9 Å². The fourth-order valence-electron chi connectivity index (χ4n) is 2.93. The topological polar surface area (TPSA) is 55.1 Å². The Bertz CT molecular complexity index is 543. The lowest BCUT2D eigenvalue weighted by molar-refractivity contribution is -0.129. The molecule has 3 N–H and O–H groups in total. The Balaban J connectivity index is 2.28. The zero-order chi connectivity index (χ0) is 16.5. The molecule has 2 rings (SSSR count). The van der Waals surface area contributed by atoms with Gasteiger partial charge >= 0.3 is 0 Å². The molecule has 122 valence electrons. The fraction of sp³-hybridized carbons (Fsp3) is 0.632. The normalized spacial score (nSPS) is 19.7. The molecule has 1 aliphatic carbocycles. The van der Waals surface area contributed by atoms with Crippen LogP contribution in [0.1, 0.15) is 76.2 Å². The number of hydrogen-bond acceptors (Lipinski definition) is 2. The van der Waals surface area contributed by atoms with E-state index in [2.05, 4.69) is 37.4 Å². The summed E-state index contributed by atoms with van der Waals surface area (Å²) in [6, 6.07) is 6.73. The van der Waals surface area contributed by atoms with E-state index in [0.717, 1.165) is 19.3 Å². The molecule has 22 heavy (non-hydrogen) atoms. The minimum absolute atomic E-state index is 0.0474. The molecule has 0 bridgehead atoms. The van der Waals surface area contributed by atoms with Gasteiger partial charge in [-0.3, -0.25) is 4.79 Å². The molecule has 0 aliphatic heterocycles. The molecule has 0 heterocycles. The van der Waals surface area contributed by atoms with Crippen molar-refractivity contribution in [1.82, 2.24) is 5.32 Å². The molecule has 1 aromatic carbocycles. The van der Waals surface area contributed by atoms with Crippen LogP contribution in [0.5, 0.6) is 0 Å². The second-order valence-corrected chi connectivity index (χ2v) is 7.90. The van der Waals surface area contributed by atoms with E-state index in [9.17, 15) is 4.79 Å². The van der Waals surface area contributed by atoms with Gasteiger partial charge in [-0.2, -0.15) is 0 Å². The number of nitrogens with two attached hydrogens (primary N) is 1. The summed E-state index contributed by atoms with van der Waals surface area (Å²) in [5.74, 6) is 0.521. The van der Waals surface area contributed by atoms with Gasteiger partial charge in [0.1, 0.15) is 0 Å². The highest BCUT2D eigenvalue weighted by Crippen LogP contribution is 2.33. The van der Waals surface area contributed by atoms with Gasteiger partial charge in [0.25, 0.3) is 0 Å². The van der Waals surface area contributed by atoms with Crippen molar-refractivity contribution < 1.29 is 4.79 Å². The Kier molecular flexibility index (Phi) is 4.96. The van der Waals surface area contributed by atoms with Gasteiger partial charge in [-0.15, -0.1) is 0 Å². The third-order valence-corrected chi connectivity index (χ3v) is 4.57. The second kappa shape index (κ2) is 6.41. The summed E-state index contributed by atoms with van der Waals surface area (Å²) in [6.45, 7) is 10.2. The summed E-state index contributed by atoms with van der Waals surface area (Å²) < 4.78 is 0. The van der Waals surface area contributed by atoms with Crippen LogP contribution in [0.3, 0.4) is 0 Å². The molecular weight excluding hydrogens is 272 g/mol. The number of carbonyl (C=O) groups is 1. The highest BCUT2D eigenvalue weighted by Gasteiger charge is 2.28. The Morgan fingerprint density at radius 2 is 2.00 bits per heavy atom. The zero-order valence-corrected chi connectivity index (χ0v) is 14.6. The van der Waals surface area contributed by atoms with Gasteiger partial charge in [0.05, 0.1) is 6.04 Å². The Hall–Kier alpha value is -1.35. The summed E-state index contributed by atoms with van der Waals surface area (Å²) in [4.78, 5) is 12.3. The van der Waals surface area contributed by atoms with Crippen molar-refractivity contribution in [1.29, 1.82) is 0 Å². The van der Waals surface area contributed by atoms with E-state index < -0.39 is 0 Å². The lowest BCUT2D eigenvalue weighted by Gasteiger charge is -2.30. The highest BCUT2D eigenvalue weighted by molar-refractivity contribution is 5.81. The molecule has 3 nitrogen and oxygen atoms in total. The number of rotatable bonds is 3. The van der Waals surface area contributed by atoms with Crippen molar-refractivity contribution in [2.75, 3.05) is 0 Å². The summed E-state index contributed by atoms with van der Waals surface area (Å²) in [6.07, 6.45) is 3.22. The number of carbonyl (C=O) groups excluding carboxylic acids is 1. The lowest BCUT2D eigenvalue weighted by atomic mass is 9.83. The summed E-state index contributed by atoms with van der Waals surface area (Å²) in [5.41, 5.74) is 9.73. The van der Waals surface area contributed by atoms with E-state index in [0.29, 0.717) is 5.92 Å². The zero-order valence-electron chi connectivity index (χ0n) is 14.6. The largest absolute Gasteiger partial charge is 0.349 e. The van der Waals surface area contributed by atoms with Gasteiger partial charge in [0.2, 0.25) is 5.91 Å². The van der Waals surface area contributed by atoms with Crippen LogP contribution in [0.15, 0.2) is 18.2 Å². The van der Waals surface area contributed by atoms with E-state index in [-0.39, 0.29) is 23.4 Å². The average Bonchev–Trinajstić information content (AvgIpc) is 2.45. The van der Waals surface area contributed by atoms with Crippen LogP contribution in [0, 0.1) is 11.3 Å². The molecule has 0 saturated carbocycles. The monoisotopic (exact) mass is 302 g/mol. The molecule has 0 radical (unpaired) electrons. The van der Waals surface area contributed by atoms with Crippen molar-refractivity contribution >= 4 is 5.91 Å². The maximum absolute atomic E-state index is 12.3. The van der Waals surface area contributed by atoms with Crippen LogP contribution in [0.4, 0.5) is 0 Å². The Labute approximate surface area is 134 Å². The van der Waals surface area contributed by atoms with Gasteiger partial charge in [0.15, 0.2) is 0 Å². The van der Waals surface area contributed by atoms with E-state index in [1.807, 2.05) is 20.8 Å². The van der Waals surface area contributed by atoms with Crippen LogP contribution in [-0.4, -0.2) is 5.91 Å². The Morgan fingerprint density at radius 1 is 1.32 bits per heavy atom. The smallest absolute Gasteiger partial charge is 0.225 e. The van der Waals surface area contributed by atoms with Crippen LogP contribution in [-0.2, 0) is 11.2 Å². The van der Waals surface area contributed by atoms with Crippen LogP contribution in [0.25, 0.3) is 0 Å². The average molecular weight is 302 g/mol. The quantitative estimate of drug-likeness (QED) is 0.890. The van der Waals surface area contributed by atoms with Crippen LogP contribution >= 0.6 is 0 Å². The standard InChI is InChI=1S/C19H30N2O/c1-12(2)17(20)14-10-9-13-7-6-8-16(15(13)11-14)21-18(22)19(3,4)5/h9-12,16-17H,6-8,20H2,1-5H3,(H,21,22). The first-order chi connectivity index (χ1) is 10.2. The van der Waals surface area contributed by atoms with E-state index in [4.69, 9.17) is 5.73 Å². The number of amides is 1. The summed E-state index contributed by atoms with van der Waals surface area (Å²) in [5, 5.41) is 3.23. The maximum atomic E-state index is 12.3. The Morgan fingerprint density at radius 3 is 2.59 bits per heavy atom. The lowest BCUT2D eigenvalue weighted by Crippen LogP contribution is -2.38. The molecule has 0 aromatic heterocycles. The SMILES string of the molecule is CC(C)C(N)c1ccc2c(c1)C(NC(=O)C(C)(C)C)CCC2. The van der Waals surface area contributed by atoms with E-state index in [1.54, 1.807) is 0 Å². The third-order valence-electron chi connectivity index (χ3n) is 4.57. The minimum Gasteiger partial charge on any atom is -0.349 e. The molecule has 1 aromatic rings. The first-order valence-corrected chi connectivity index (χ1v) is 8.39. The van der Waals surface area contributed by atoms with Gasteiger partial charge in [-0.25, -0.2) is 0 Å². The van der Waals surface area contributed by atoms with Crippen molar-refractivity contribution in [3.63, 3.8) is 0 Å². The van der Waals surface area contributed by atoms with Gasteiger partial charge < -0.3 is 11.1 Å². The molecule has 0 spiro atoms. The van der Waals surface area contributed by atoms with Gasteiger partial charge in [-0.1, -0.05) is 52.8 Å². The van der Waals surface area contributed by atoms with Crippen LogP contribution < -0.4 is 11.1 Å². The van der Waals surface area contributed by atoms with Crippen LogP contribution in [0.2, 0.25) is 0 Å². The van der Waals surface area contributed by atoms with Gasteiger partial charge in [0, 0.05) is 11.5 Å². The second-order valence-electron chi connectivity index (χ2n) is 7.90. The first-order valence-electron chi connectivity index (χ1n) is 8.39. The number of nitrogens with one attached hydrogen (secondary N) is 1. The molecule has 3 heteroatoms. The van der Waals surface area contributed by atoms with Crippen molar-refractivity contribution in [3.8, 4) is 0 Å². The highest BCUT2D eigenvalue weighted by atomic mass is 16.2. The van der Waals surface area contributed by atoms with E-state index in [1.165, 1.54) is 16.7 Å². The summed E-state index contributed by atoms with van der Waals surface area (Å²) in [7, 11) is 0. The van der Waals surface area contributed by atoms with Gasteiger partial charge in [-0.05, 0) is 41.9 Å². The van der Waals surface area contributed by atoms with Crippen molar-refractivity contribution in [2.45, 2.75) is 66.0 Å². The molecule has 1 amide bonds. The maximum Gasteiger partial charge on any atom is 0.225 e. The number of aryl methyl sites for hydroxylation is 1. The molecule has 1 aliphatic rings. The minimum atomic E-state index is -0.358. The predicted molar refractivity (Wildman–Crippen MR) is 91.5 cm³/mol. The van der Waals surface area contributed by atoms with Crippen molar-refractivity contribution in [2.24, 2.45) is 17.1 Å². The molecule has 0 fully saturated rings. The number of benzene rings is 1. The summed E-state index contributed by atoms with van der Waals surface area (Å²) >= 11 is 0. The molecule has 0 saturated heterocycles.